The quantitative estimate of drug-likeness (QED) is 0.653. The molecule has 0 atom stereocenters. The number of sulfonamides is 1. The Morgan fingerprint density at radius 1 is 1.29 bits per heavy atom. The highest BCUT2D eigenvalue weighted by Crippen LogP contribution is 2.37. The van der Waals surface area contributed by atoms with Gasteiger partial charge < -0.3 is 4.74 Å². The van der Waals surface area contributed by atoms with E-state index in [1.165, 1.54) is 19.2 Å². The normalized spacial score (nSPS) is 17.6. The molecule has 0 saturated heterocycles. The number of hydrogen-bond donors (Lipinski definition) is 1. The predicted octanol–water partition coefficient (Wildman–Crippen LogP) is 3.59. The molecular formula is C21H24F2N2O4S2. The van der Waals surface area contributed by atoms with E-state index in [1.807, 2.05) is 4.90 Å². The minimum atomic E-state index is -3.87. The summed E-state index contributed by atoms with van der Waals surface area (Å²) in [4.78, 5) is 15.1. The molecule has 2 aromatic rings. The topological polar surface area (TPSA) is 75.7 Å². The molecule has 4 rings (SSSR count). The van der Waals surface area contributed by atoms with E-state index in [2.05, 4.69) is 4.72 Å². The number of benzene rings is 1. The number of carbonyl (C=O) groups is 1. The number of carbonyl (C=O) groups excluding carboxylic acids is 1. The molecule has 10 heteroatoms. The molecule has 168 valence electrons. The Morgan fingerprint density at radius 3 is 2.74 bits per heavy atom. The summed E-state index contributed by atoms with van der Waals surface area (Å²) in [5.41, 5.74) is 1.01. The van der Waals surface area contributed by atoms with Crippen LogP contribution in [0.1, 0.15) is 52.0 Å². The van der Waals surface area contributed by atoms with Crippen molar-refractivity contribution >= 4 is 27.3 Å². The predicted molar refractivity (Wildman–Crippen MR) is 112 cm³/mol. The summed E-state index contributed by atoms with van der Waals surface area (Å²) in [6.45, 7) is 1.02. The number of hydrogen-bond acceptors (Lipinski definition) is 6. The molecule has 31 heavy (non-hydrogen) atoms. The Balaban J connectivity index is 1.63. The molecule has 1 aliphatic heterocycles. The Labute approximate surface area is 184 Å². The maximum Gasteiger partial charge on any atom is 0.340 e. The molecule has 2 aliphatic rings. The second-order valence-electron chi connectivity index (χ2n) is 7.93. The van der Waals surface area contributed by atoms with Gasteiger partial charge in [-0.2, -0.15) is 0 Å². The van der Waals surface area contributed by atoms with Gasteiger partial charge >= 0.3 is 5.97 Å². The Kier molecular flexibility index (Phi) is 6.43. The van der Waals surface area contributed by atoms with Gasteiger partial charge in [-0.1, -0.05) is 25.0 Å². The summed E-state index contributed by atoms with van der Waals surface area (Å²) in [5, 5.41) is 0. The lowest BCUT2D eigenvalue weighted by molar-refractivity contribution is 0.0595. The molecule has 1 saturated carbocycles. The number of thiophene rings is 1. The number of esters is 1. The van der Waals surface area contributed by atoms with Crippen LogP contribution in [-0.2, 0) is 34.3 Å². The van der Waals surface area contributed by atoms with Crippen molar-refractivity contribution in [1.82, 2.24) is 9.62 Å². The van der Waals surface area contributed by atoms with Crippen molar-refractivity contribution in [3.63, 3.8) is 0 Å². The zero-order chi connectivity index (χ0) is 22.2. The summed E-state index contributed by atoms with van der Waals surface area (Å²) in [7, 11) is -2.64. The number of ether oxygens (including phenoxy) is 1. The van der Waals surface area contributed by atoms with Crippen LogP contribution in [0.2, 0.25) is 0 Å². The van der Waals surface area contributed by atoms with E-state index in [4.69, 9.17) is 4.74 Å². The molecule has 1 aromatic carbocycles. The highest BCUT2D eigenvalue weighted by Gasteiger charge is 2.35. The average Bonchev–Trinajstić information content (AvgIpc) is 3.38. The molecule has 0 spiro atoms. The van der Waals surface area contributed by atoms with Gasteiger partial charge in [0, 0.05) is 36.1 Å². The number of fused-ring (bicyclic) bond motifs is 1. The molecule has 0 radical (unpaired) electrons. The molecule has 0 bridgehead atoms. The first kappa shape index (κ1) is 22.3. The third-order valence-electron chi connectivity index (χ3n) is 5.84. The lowest BCUT2D eigenvalue weighted by Gasteiger charge is -2.27. The molecule has 0 unspecified atom stereocenters. The zero-order valence-electron chi connectivity index (χ0n) is 17.1. The molecule has 6 nitrogen and oxygen atoms in total. The first-order valence-electron chi connectivity index (χ1n) is 10.2. The van der Waals surface area contributed by atoms with Crippen molar-refractivity contribution in [1.29, 1.82) is 0 Å². The summed E-state index contributed by atoms with van der Waals surface area (Å²) in [6, 6.07) is 3.94. The number of nitrogens with zero attached hydrogens (tertiary/aromatic N) is 1. The number of halogens is 2. The molecule has 1 aromatic heterocycles. The first-order chi connectivity index (χ1) is 14.8. The van der Waals surface area contributed by atoms with Crippen molar-refractivity contribution in [2.75, 3.05) is 13.7 Å². The van der Waals surface area contributed by atoms with Crippen LogP contribution in [0.5, 0.6) is 0 Å². The van der Waals surface area contributed by atoms with Crippen LogP contribution in [0, 0.1) is 11.6 Å². The standard InChI is InChI=1S/C21H24F2N2O4S2/c1-29-20(26)18-15-9-10-25(11-13-5-4-8-16(22)19(13)23)12-17(15)30-21(18)31(27,28)24-14-6-2-3-7-14/h4-5,8,14,24H,2-3,6-7,9-12H2,1H3. The van der Waals surface area contributed by atoms with Crippen LogP contribution < -0.4 is 4.72 Å². The Morgan fingerprint density at radius 2 is 2.03 bits per heavy atom. The Hall–Kier alpha value is -1.88. The molecule has 0 amide bonds. The van der Waals surface area contributed by atoms with E-state index in [1.54, 1.807) is 0 Å². The SMILES string of the molecule is COC(=O)c1c(S(=O)(=O)NC2CCCC2)sc2c1CCN(Cc1cccc(F)c1F)C2. The highest BCUT2D eigenvalue weighted by molar-refractivity contribution is 7.91. The minimum Gasteiger partial charge on any atom is -0.465 e. The molecule has 2 heterocycles. The van der Waals surface area contributed by atoms with Crippen LogP contribution >= 0.6 is 11.3 Å². The third kappa shape index (κ3) is 4.52. The maximum atomic E-state index is 14.1. The van der Waals surface area contributed by atoms with E-state index in [0.29, 0.717) is 25.1 Å². The smallest absolute Gasteiger partial charge is 0.340 e. The fourth-order valence-corrected chi connectivity index (χ4v) is 7.54. The summed E-state index contributed by atoms with van der Waals surface area (Å²) in [6.07, 6.45) is 3.94. The zero-order valence-corrected chi connectivity index (χ0v) is 18.8. The van der Waals surface area contributed by atoms with Gasteiger partial charge in [-0.3, -0.25) is 4.90 Å². The number of rotatable bonds is 6. The van der Waals surface area contributed by atoms with Gasteiger partial charge in [-0.25, -0.2) is 26.7 Å². The average molecular weight is 471 g/mol. The third-order valence-corrected chi connectivity index (χ3v) is 9.10. The van der Waals surface area contributed by atoms with Crippen molar-refractivity contribution in [3.05, 3.63) is 51.4 Å². The van der Waals surface area contributed by atoms with Gasteiger partial charge in [0.1, 0.15) is 4.21 Å². The maximum absolute atomic E-state index is 14.1. The second-order valence-corrected chi connectivity index (χ2v) is 10.9. The van der Waals surface area contributed by atoms with Gasteiger partial charge in [0.15, 0.2) is 11.6 Å². The van der Waals surface area contributed by atoms with Crippen molar-refractivity contribution in [2.24, 2.45) is 0 Å². The molecule has 1 N–H and O–H groups in total. The van der Waals surface area contributed by atoms with Gasteiger partial charge in [-0.05, 0) is 30.9 Å². The van der Waals surface area contributed by atoms with Crippen LogP contribution in [0.3, 0.4) is 0 Å². The fourth-order valence-electron chi connectivity index (χ4n) is 4.29. The van der Waals surface area contributed by atoms with Crippen molar-refractivity contribution in [2.45, 2.75) is 55.4 Å². The first-order valence-corrected chi connectivity index (χ1v) is 12.5. The van der Waals surface area contributed by atoms with Crippen LogP contribution in [0.25, 0.3) is 0 Å². The summed E-state index contributed by atoms with van der Waals surface area (Å²) >= 11 is 1.06. The van der Waals surface area contributed by atoms with Crippen molar-refractivity contribution < 1.29 is 26.7 Å². The molecule has 1 aliphatic carbocycles. The van der Waals surface area contributed by atoms with E-state index < -0.39 is 27.6 Å². The molecule has 1 fully saturated rings. The van der Waals surface area contributed by atoms with E-state index in [9.17, 15) is 22.0 Å². The summed E-state index contributed by atoms with van der Waals surface area (Å²) < 4.78 is 61.4. The fraction of sp³-hybridized carbons (Fsp3) is 0.476. The lowest BCUT2D eigenvalue weighted by atomic mass is 10.0. The highest BCUT2D eigenvalue weighted by atomic mass is 32.2. The summed E-state index contributed by atoms with van der Waals surface area (Å²) in [5.74, 6) is -2.45. The largest absolute Gasteiger partial charge is 0.465 e. The van der Waals surface area contributed by atoms with Gasteiger partial charge in [-0.15, -0.1) is 11.3 Å². The van der Waals surface area contributed by atoms with Crippen molar-refractivity contribution in [3.8, 4) is 0 Å². The van der Waals surface area contributed by atoms with Crippen LogP contribution in [0.4, 0.5) is 8.78 Å². The lowest BCUT2D eigenvalue weighted by Crippen LogP contribution is -2.33. The Bertz CT molecular complexity index is 1100. The van der Waals surface area contributed by atoms with Crippen LogP contribution in [0.15, 0.2) is 22.4 Å². The molecular weight excluding hydrogens is 446 g/mol. The van der Waals surface area contributed by atoms with E-state index >= 15 is 0 Å². The number of nitrogens with one attached hydrogen (secondary N) is 1. The van der Waals surface area contributed by atoms with Gasteiger partial charge in [0.05, 0.1) is 12.7 Å². The van der Waals surface area contributed by atoms with Gasteiger partial charge in [0.2, 0.25) is 0 Å². The van der Waals surface area contributed by atoms with Gasteiger partial charge in [0.25, 0.3) is 10.0 Å². The minimum absolute atomic E-state index is 0.0185. The van der Waals surface area contributed by atoms with E-state index in [-0.39, 0.29) is 27.9 Å². The van der Waals surface area contributed by atoms with E-state index in [0.717, 1.165) is 48.0 Å². The number of methoxy groups -OCH3 is 1. The monoisotopic (exact) mass is 470 g/mol. The van der Waals surface area contributed by atoms with Crippen LogP contribution in [-0.4, -0.2) is 39.0 Å². The second kappa shape index (κ2) is 8.93.